The van der Waals surface area contributed by atoms with Gasteiger partial charge in [0.1, 0.15) is 18.1 Å². The van der Waals surface area contributed by atoms with Gasteiger partial charge < -0.3 is 15.4 Å². The number of rotatable bonds is 8. The predicted molar refractivity (Wildman–Crippen MR) is 99.4 cm³/mol. The van der Waals surface area contributed by atoms with E-state index in [0.29, 0.717) is 32.2 Å². The fourth-order valence-electron chi connectivity index (χ4n) is 2.36. The Labute approximate surface area is 152 Å². The molecule has 0 saturated heterocycles. The van der Waals surface area contributed by atoms with Crippen LogP contribution in [0.5, 0.6) is 5.75 Å². The lowest BCUT2D eigenvalue weighted by atomic mass is 10.1. The maximum absolute atomic E-state index is 10.7. The van der Waals surface area contributed by atoms with Crippen molar-refractivity contribution >= 4 is 11.6 Å². The van der Waals surface area contributed by atoms with Crippen LogP contribution in [0.25, 0.3) is 0 Å². The van der Waals surface area contributed by atoms with E-state index < -0.39 is 4.92 Å². The number of guanidine groups is 1. The van der Waals surface area contributed by atoms with E-state index in [4.69, 9.17) is 4.74 Å². The summed E-state index contributed by atoms with van der Waals surface area (Å²) < 4.78 is 7.20. The highest BCUT2D eigenvalue weighted by Gasteiger charge is 2.09. The lowest BCUT2D eigenvalue weighted by Crippen LogP contribution is -2.38. The molecule has 0 aliphatic heterocycles. The van der Waals surface area contributed by atoms with Gasteiger partial charge in [-0.05, 0) is 25.5 Å². The molecule has 9 heteroatoms. The molecular formula is C17H24N6O3. The van der Waals surface area contributed by atoms with E-state index in [9.17, 15) is 10.1 Å². The Kier molecular flexibility index (Phi) is 6.95. The summed E-state index contributed by atoms with van der Waals surface area (Å²) in [4.78, 5) is 14.4. The van der Waals surface area contributed by atoms with Gasteiger partial charge in [0, 0.05) is 25.7 Å². The Morgan fingerprint density at radius 1 is 1.42 bits per heavy atom. The van der Waals surface area contributed by atoms with Crippen LogP contribution >= 0.6 is 0 Å². The van der Waals surface area contributed by atoms with Gasteiger partial charge in [0.25, 0.3) is 0 Å². The summed E-state index contributed by atoms with van der Waals surface area (Å²) >= 11 is 0. The largest absolute Gasteiger partial charge is 0.494 e. The van der Waals surface area contributed by atoms with Crippen molar-refractivity contribution in [2.45, 2.75) is 26.9 Å². The average molecular weight is 360 g/mol. The first-order chi connectivity index (χ1) is 12.5. The molecule has 140 valence electrons. The van der Waals surface area contributed by atoms with E-state index in [-0.39, 0.29) is 5.69 Å². The molecule has 0 saturated carbocycles. The molecule has 0 radical (unpaired) electrons. The smallest absolute Gasteiger partial charge is 0.306 e. The van der Waals surface area contributed by atoms with Crippen molar-refractivity contribution in [1.29, 1.82) is 0 Å². The molecule has 2 N–H and O–H groups in total. The Balaban J connectivity index is 1.85. The lowest BCUT2D eigenvalue weighted by Gasteiger charge is -2.15. The van der Waals surface area contributed by atoms with Gasteiger partial charge in [-0.1, -0.05) is 12.1 Å². The van der Waals surface area contributed by atoms with Crippen LogP contribution in [-0.2, 0) is 13.1 Å². The monoisotopic (exact) mass is 360 g/mol. The van der Waals surface area contributed by atoms with Crippen molar-refractivity contribution in [3.8, 4) is 5.75 Å². The number of nitro groups is 1. The summed E-state index contributed by atoms with van der Waals surface area (Å²) in [7, 11) is 1.69. The Morgan fingerprint density at radius 2 is 2.23 bits per heavy atom. The van der Waals surface area contributed by atoms with Gasteiger partial charge in [0.05, 0.1) is 18.1 Å². The van der Waals surface area contributed by atoms with E-state index in [1.807, 2.05) is 32.0 Å². The third-order valence-corrected chi connectivity index (χ3v) is 3.66. The van der Waals surface area contributed by atoms with Crippen molar-refractivity contribution in [2.24, 2.45) is 4.99 Å². The second kappa shape index (κ2) is 9.40. The SMILES string of the molecule is CCOc1cc(C)ccc1CNC(=NC)NCCn1cc([N+](=O)[O-])cn1. The van der Waals surface area contributed by atoms with Gasteiger partial charge in [-0.15, -0.1) is 0 Å². The van der Waals surface area contributed by atoms with Crippen molar-refractivity contribution in [2.75, 3.05) is 20.2 Å². The Bertz CT molecular complexity index is 772. The van der Waals surface area contributed by atoms with Crippen LogP contribution in [0.1, 0.15) is 18.1 Å². The molecule has 1 heterocycles. The number of ether oxygens (including phenoxy) is 1. The normalized spacial score (nSPS) is 11.3. The lowest BCUT2D eigenvalue weighted by molar-refractivity contribution is -0.385. The second-order valence-electron chi connectivity index (χ2n) is 5.62. The number of hydrogen-bond acceptors (Lipinski definition) is 5. The van der Waals surface area contributed by atoms with Crippen LogP contribution in [0.2, 0.25) is 0 Å². The number of nitrogens with one attached hydrogen (secondary N) is 2. The van der Waals surface area contributed by atoms with Gasteiger partial charge in [-0.2, -0.15) is 5.10 Å². The predicted octanol–water partition coefficient (Wildman–Crippen LogP) is 1.86. The van der Waals surface area contributed by atoms with Crippen LogP contribution in [0.15, 0.2) is 35.6 Å². The number of nitrogens with zero attached hydrogens (tertiary/aromatic N) is 4. The number of aromatic nitrogens is 2. The van der Waals surface area contributed by atoms with Crippen LogP contribution in [0.4, 0.5) is 5.69 Å². The van der Waals surface area contributed by atoms with E-state index in [1.54, 1.807) is 7.05 Å². The molecule has 26 heavy (non-hydrogen) atoms. The molecule has 0 aliphatic rings. The highest BCUT2D eigenvalue weighted by molar-refractivity contribution is 5.79. The summed E-state index contributed by atoms with van der Waals surface area (Å²) in [6.45, 7) is 6.19. The van der Waals surface area contributed by atoms with Crippen molar-refractivity contribution in [3.63, 3.8) is 0 Å². The van der Waals surface area contributed by atoms with E-state index in [2.05, 4.69) is 20.7 Å². The molecule has 0 fully saturated rings. The van der Waals surface area contributed by atoms with Crippen molar-refractivity contribution in [1.82, 2.24) is 20.4 Å². The average Bonchev–Trinajstić information content (AvgIpc) is 3.09. The molecule has 0 unspecified atom stereocenters. The molecule has 1 aromatic carbocycles. The molecule has 2 aromatic rings. The molecular weight excluding hydrogens is 336 g/mol. The highest BCUT2D eigenvalue weighted by atomic mass is 16.6. The van der Waals surface area contributed by atoms with Gasteiger partial charge >= 0.3 is 5.69 Å². The Hall–Kier alpha value is -3.10. The van der Waals surface area contributed by atoms with Crippen LogP contribution < -0.4 is 15.4 Å². The first-order valence-corrected chi connectivity index (χ1v) is 8.37. The standard InChI is InChI=1S/C17H24N6O3/c1-4-26-16-9-13(2)5-6-14(16)10-20-17(18-3)19-7-8-22-12-15(11-21-22)23(24)25/h5-6,9,11-12H,4,7-8,10H2,1-3H3,(H2,18,19,20). The first-order valence-electron chi connectivity index (χ1n) is 8.37. The van der Waals surface area contributed by atoms with E-state index in [0.717, 1.165) is 16.9 Å². The number of aliphatic imine (C=N–C) groups is 1. The molecule has 1 aromatic heterocycles. The minimum Gasteiger partial charge on any atom is -0.494 e. The third kappa shape index (κ3) is 5.47. The third-order valence-electron chi connectivity index (χ3n) is 3.66. The van der Waals surface area contributed by atoms with Gasteiger partial charge in [0.15, 0.2) is 5.96 Å². The maximum atomic E-state index is 10.7. The second-order valence-corrected chi connectivity index (χ2v) is 5.62. The summed E-state index contributed by atoms with van der Waals surface area (Å²) in [5.74, 6) is 1.49. The summed E-state index contributed by atoms with van der Waals surface area (Å²) in [6, 6.07) is 6.09. The fourth-order valence-corrected chi connectivity index (χ4v) is 2.36. The topological polar surface area (TPSA) is 107 Å². The maximum Gasteiger partial charge on any atom is 0.306 e. The van der Waals surface area contributed by atoms with Gasteiger partial charge in [0.2, 0.25) is 0 Å². The molecule has 9 nitrogen and oxygen atoms in total. The number of benzene rings is 1. The molecule has 0 amide bonds. The minimum atomic E-state index is -0.463. The highest BCUT2D eigenvalue weighted by Crippen LogP contribution is 2.20. The van der Waals surface area contributed by atoms with Gasteiger partial charge in [-0.25, -0.2) is 0 Å². The van der Waals surface area contributed by atoms with Gasteiger partial charge in [-0.3, -0.25) is 19.8 Å². The molecule has 0 bridgehead atoms. The zero-order valence-corrected chi connectivity index (χ0v) is 15.2. The molecule has 0 aliphatic carbocycles. The summed E-state index contributed by atoms with van der Waals surface area (Å²) in [5, 5.41) is 21.0. The van der Waals surface area contributed by atoms with Crippen LogP contribution in [-0.4, -0.2) is 40.9 Å². The molecule has 2 rings (SSSR count). The Morgan fingerprint density at radius 3 is 2.88 bits per heavy atom. The zero-order valence-electron chi connectivity index (χ0n) is 15.2. The van der Waals surface area contributed by atoms with Crippen molar-refractivity contribution in [3.05, 3.63) is 51.8 Å². The summed E-state index contributed by atoms with van der Waals surface area (Å²) in [6.07, 6.45) is 2.64. The molecule has 0 atom stereocenters. The molecule has 0 spiro atoms. The number of hydrogen-bond donors (Lipinski definition) is 2. The number of aryl methyl sites for hydroxylation is 1. The fraction of sp³-hybridized carbons (Fsp3) is 0.412. The van der Waals surface area contributed by atoms with Crippen LogP contribution in [0.3, 0.4) is 0 Å². The van der Waals surface area contributed by atoms with Crippen molar-refractivity contribution < 1.29 is 9.66 Å². The zero-order chi connectivity index (χ0) is 18.9. The minimum absolute atomic E-state index is 0.0182. The van der Waals surface area contributed by atoms with Crippen LogP contribution in [0, 0.1) is 17.0 Å². The van der Waals surface area contributed by atoms with E-state index in [1.165, 1.54) is 17.1 Å². The quantitative estimate of drug-likeness (QED) is 0.322. The van der Waals surface area contributed by atoms with E-state index >= 15 is 0 Å². The first kappa shape index (κ1) is 19.2. The summed E-state index contributed by atoms with van der Waals surface area (Å²) in [5.41, 5.74) is 2.17.